The van der Waals surface area contributed by atoms with Crippen LogP contribution in [0.15, 0.2) is 217 Å². The van der Waals surface area contributed by atoms with Crippen LogP contribution in [0.4, 0.5) is 0 Å². The molecule has 5 atom stereocenters. The molecule has 0 heterocycles. The average Bonchev–Trinajstić information content (AvgIpc) is 3.54. The fourth-order valence-corrected chi connectivity index (χ4v) is 8.75. The maximum Gasteiger partial charge on any atom is 0.0290 e. The van der Waals surface area contributed by atoms with Crippen LogP contribution in [-0.2, 0) is 0 Å². The van der Waals surface area contributed by atoms with Gasteiger partial charge < -0.3 is 5.32 Å². The van der Waals surface area contributed by atoms with Gasteiger partial charge in [-0.3, -0.25) is 0 Å². The van der Waals surface area contributed by atoms with E-state index in [4.69, 9.17) is 0 Å². The summed E-state index contributed by atoms with van der Waals surface area (Å²) in [5.74, 6) is 1.87. The molecule has 5 rings (SSSR count). The van der Waals surface area contributed by atoms with E-state index in [9.17, 15) is 0 Å². The van der Waals surface area contributed by atoms with Gasteiger partial charge in [-0.1, -0.05) is 190 Å². The Morgan fingerprint density at radius 1 is 0.836 bits per heavy atom. The first kappa shape index (κ1) is 46.7. The zero-order valence-electron chi connectivity index (χ0n) is 38.0. The number of allylic oxidation sites excluding steroid dienone is 25. The van der Waals surface area contributed by atoms with Crippen LogP contribution >= 0.6 is 0 Å². The Bertz CT molecular complexity index is 2090. The van der Waals surface area contributed by atoms with Crippen LogP contribution in [-0.4, -0.2) is 6.04 Å². The molecule has 0 aliphatic heterocycles. The molecule has 3 aliphatic carbocycles. The summed E-state index contributed by atoms with van der Waals surface area (Å²) in [5, 5.41) is 3.76. The van der Waals surface area contributed by atoms with E-state index in [1.54, 1.807) is 0 Å². The van der Waals surface area contributed by atoms with Gasteiger partial charge >= 0.3 is 0 Å². The Morgan fingerprint density at radius 3 is 2.38 bits per heavy atom. The number of hydrogen-bond acceptors (Lipinski definition) is 1. The molecule has 0 bridgehead atoms. The molecule has 0 saturated carbocycles. The van der Waals surface area contributed by atoms with Gasteiger partial charge in [-0.15, -0.1) is 0 Å². The molecule has 0 radical (unpaired) electrons. The minimum atomic E-state index is 0.338. The summed E-state index contributed by atoms with van der Waals surface area (Å²) in [5.41, 5.74) is 12.3. The van der Waals surface area contributed by atoms with Crippen molar-refractivity contribution in [3.05, 3.63) is 233 Å². The van der Waals surface area contributed by atoms with Crippen molar-refractivity contribution in [2.75, 3.05) is 0 Å². The van der Waals surface area contributed by atoms with Gasteiger partial charge in [0.2, 0.25) is 0 Å². The highest BCUT2D eigenvalue weighted by Gasteiger charge is 2.17. The quantitative estimate of drug-likeness (QED) is 0.104. The smallest absolute Gasteiger partial charge is 0.0290 e. The number of rotatable bonds is 20. The molecule has 0 saturated heterocycles. The molecular weight excluding hydrogens is 735 g/mol. The van der Waals surface area contributed by atoms with Crippen LogP contribution < -0.4 is 5.32 Å². The minimum Gasteiger partial charge on any atom is -0.388 e. The molecule has 1 N–H and O–H groups in total. The summed E-state index contributed by atoms with van der Waals surface area (Å²) < 4.78 is 0. The fourth-order valence-electron chi connectivity index (χ4n) is 8.75. The monoisotopic (exact) mass is 808 g/mol. The number of benzene rings is 2. The molecule has 3 aliphatic rings. The average molecular weight is 808 g/mol. The summed E-state index contributed by atoms with van der Waals surface area (Å²) in [7, 11) is 0. The molecule has 61 heavy (non-hydrogen) atoms. The first-order chi connectivity index (χ1) is 29.9. The second-order valence-corrected chi connectivity index (χ2v) is 16.9. The van der Waals surface area contributed by atoms with E-state index < -0.39 is 0 Å². The van der Waals surface area contributed by atoms with Crippen molar-refractivity contribution in [1.29, 1.82) is 0 Å². The van der Waals surface area contributed by atoms with Gasteiger partial charge in [0.15, 0.2) is 0 Å². The van der Waals surface area contributed by atoms with Crippen molar-refractivity contribution in [3.8, 4) is 0 Å². The van der Waals surface area contributed by atoms with E-state index in [0.717, 1.165) is 64.2 Å². The van der Waals surface area contributed by atoms with Crippen molar-refractivity contribution in [1.82, 2.24) is 5.32 Å². The van der Waals surface area contributed by atoms with Crippen molar-refractivity contribution in [2.24, 2.45) is 11.8 Å². The largest absolute Gasteiger partial charge is 0.388 e. The molecular formula is C60H73N. The molecule has 1 heteroatoms. The van der Waals surface area contributed by atoms with Gasteiger partial charge in [0.05, 0.1) is 0 Å². The van der Waals surface area contributed by atoms with Crippen LogP contribution in [0.1, 0.15) is 127 Å². The van der Waals surface area contributed by atoms with E-state index in [0.29, 0.717) is 29.7 Å². The van der Waals surface area contributed by atoms with Crippen LogP contribution in [0, 0.1) is 11.8 Å². The minimum absolute atomic E-state index is 0.338. The molecule has 0 amide bonds. The third-order valence-electron chi connectivity index (χ3n) is 12.3. The summed E-state index contributed by atoms with van der Waals surface area (Å²) >= 11 is 0. The van der Waals surface area contributed by atoms with E-state index in [1.165, 1.54) is 50.1 Å². The second kappa shape index (κ2) is 26.0. The van der Waals surface area contributed by atoms with Gasteiger partial charge in [-0.05, 0) is 154 Å². The van der Waals surface area contributed by atoms with Gasteiger partial charge in [0, 0.05) is 23.8 Å². The van der Waals surface area contributed by atoms with Gasteiger partial charge in [0.1, 0.15) is 0 Å². The van der Waals surface area contributed by atoms with Gasteiger partial charge in [0.25, 0.3) is 0 Å². The second-order valence-electron chi connectivity index (χ2n) is 16.9. The third-order valence-corrected chi connectivity index (χ3v) is 12.3. The standard InChI is InChI=1S/C60H73N/c1-7-11-24-48(6)50(21-8-2)29-18-30-53(56-37-35-55(36-38-56)52-26-13-12-14-27-52)28-16-15-25-49(10-4)51(22-9-3)33-20-45-61-60-34-19-31-54(43-44-60)57-39-41-58(42-40-57)59-32-17-23-47(5)46-59/h7-15,17,19-22,24-28,31-32,35,37-42,45-47,51,54-55,60-61H,2,16,18,23,29-30,33-34,36,43-44H2,1,3-6H3/b11-7-,22-9-,25-15-,45-20?,48-24+,49-10+,50-21+,53-28+. The predicted octanol–water partition coefficient (Wildman–Crippen LogP) is 16.8. The topological polar surface area (TPSA) is 12.0 Å². The number of nitrogens with one attached hydrogen (secondary N) is 1. The Hall–Kier alpha value is -5.40. The Balaban J connectivity index is 1.16. The zero-order chi connectivity index (χ0) is 43.1. The molecule has 2 aromatic rings. The third kappa shape index (κ3) is 15.2. The summed E-state index contributed by atoms with van der Waals surface area (Å²) in [6.07, 6.45) is 58.7. The molecule has 318 valence electrons. The molecule has 2 aromatic carbocycles. The lowest BCUT2D eigenvalue weighted by Gasteiger charge is -2.19. The van der Waals surface area contributed by atoms with Crippen LogP contribution in [0.2, 0.25) is 0 Å². The highest BCUT2D eigenvalue weighted by atomic mass is 14.9. The Labute approximate surface area is 371 Å². The van der Waals surface area contributed by atoms with Gasteiger partial charge in [-0.25, -0.2) is 0 Å². The SMILES string of the molecule is C=C/C=C(CCC/C(=C\C/C=C\C(=C/C)C(/C=C\C)CC=CNC1CC=CC(c2ccc(C3=CC(C)CC=C3)cc2)CC1)C1=CCC(c2ccccc2)C=C1)/C(C)=C/C=C\C. The normalized spacial score (nSPS) is 22.3. The number of hydrogen-bond donors (Lipinski definition) is 1. The van der Waals surface area contributed by atoms with Crippen LogP contribution in [0.5, 0.6) is 0 Å². The van der Waals surface area contributed by atoms with E-state index in [-0.39, 0.29) is 0 Å². The first-order valence-corrected chi connectivity index (χ1v) is 23.2. The lowest BCUT2D eigenvalue weighted by atomic mass is 9.86. The molecule has 1 nitrogen and oxygen atoms in total. The molecule has 0 spiro atoms. The van der Waals surface area contributed by atoms with Crippen molar-refractivity contribution >= 4 is 5.57 Å². The van der Waals surface area contributed by atoms with E-state index in [2.05, 4.69) is 223 Å². The maximum absolute atomic E-state index is 4.00. The van der Waals surface area contributed by atoms with Crippen molar-refractivity contribution in [3.63, 3.8) is 0 Å². The molecule has 0 fully saturated rings. The maximum atomic E-state index is 4.00. The van der Waals surface area contributed by atoms with Crippen LogP contribution in [0.3, 0.4) is 0 Å². The summed E-state index contributed by atoms with van der Waals surface area (Å²) in [6.45, 7) is 14.9. The fraction of sp³-hybridized carbons (Fsp3) is 0.333. The Morgan fingerprint density at radius 2 is 1.66 bits per heavy atom. The molecule has 5 unspecified atom stereocenters. The summed E-state index contributed by atoms with van der Waals surface area (Å²) in [4.78, 5) is 0. The lowest BCUT2D eigenvalue weighted by molar-refractivity contribution is 0.524. The highest BCUT2D eigenvalue weighted by Crippen LogP contribution is 2.33. The molecule has 0 aromatic heterocycles. The van der Waals surface area contributed by atoms with E-state index >= 15 is 0 Å². The highest BCUT2D eigenvalue weighted by molar-refractivity contribution is 5.75. The Kier molecular flexibility index (Phi) is 19.9. The van der Waals surface area contributed by atoms with Crippen molar-refractivity contribution in [2.45, 2.75) is 117 Å². The zero-order valence-corrected chi connectivity index (χ0v) is 38.0. The summed E-state index contributed by atoms with van der Waals surface area (Å²) in [6, 6.07) is 20.7. The van der Waals surface area contributed by atoms with Crippen LogP contribution in [0.25, 0.3) is 5.57 Å². The first-order valence-electron chi connectivity index (χ1n) is 23.2. The lowest BCUT2D eigenvalue weighted by Crippen LogP contribution is -2.23. The predicted molar refractivity (Wildman–Crippen MR) is 269 cm³/mol. The van der Waals surface area contributed by atoms with Crippen molar-refractivity contribution < 1.29 is 0 Å². The van der Waals surface area contributed by atoms with Gasteiger partial charge in [-0.2, -0.15) is 0 Å². The van der Waals surface area contributed by atoms with E-state index in [1.807, 2.05) is 6.08 Å².